The van der Waals surface area contributed by atoms with Crippen molar-refractivity contribution < 1.29 is 5.11 Å². The predicted octanol–water partition coefficient (Wildman–Crippen LogP) is 5.16. The summed E-state index contributed by atoms with van der Waals surface area (Å²) in [6, 6.07) is 21.8. The van der Waals surface area contributed by atoms with Crippen LogP contribution in [0.5, 0.6) is 5.75 Å². The molecule has 0 radical (unpaired) electrons. The van der Waals surface area contributed by atoms with E-state index >= 15 is 0 Å². The summed E-state index contributed by atoms with van der Waals surface area (Å²) in [5.41, 5.74) is 5.80. The zero-order chi connectivity index (χ0) is 16.1. The van der Waals surface area contributed by atoms with Gasteiger partial charge in [-0.2, -0.15) is 0 Å². The maximum Gasteiger partial charge on any atom is 0.115 e. The van der Waals surface area contributed by atoms with Gasteiger partial charge in [0.1, 0.15) is 5.75 Å². The van der Waals surface area contributed by atoms with Gasteiger partial charge in [0.25, 0.3) is 0 Å². The zero-order valence-corrected chi connectivity index (χ0v) is 13.1. The van der Waals surface area contributed by atoms with Crippen molar-refractivity contribution in [3.05, 3.63) is 95.8 Å². The molecule has 0 spiro atoms. The van der Waals surface area contributed by atoms with E-state index in [1.807, 2.05) is 30.5 Å². The third-order valence-electron chi connectivity index (χ3n) is 3.88. The van der Waals surface area contributed by atoms with Crippen LogP contribution in [0.3, 0.4) is 0 Å². The highest BCUT2D eigenvalue weighted by Crippen LogP contribution is 2.34. The summed E-state index contributed by atoms with van der Waals surface area (Å²) in [5, 5.41) is 9.59. The van der Waals surface area contributed by atoms with E-state index in [0.29, 0.717) is 0 Å². The van der Waals surface area contributed by atoms with Crippen LogP contribution in [-0.4, -0.2) is 10.1 Å². The lowest BCUT2D eigenvalue weighted by Gasteiger charge is -2.16. The third kappa shape index (κ3) is 3.32. The van der Waals surface area contributed by atoms with Gasteiger partial charge in [0.2, 0.25) is 0 Å². The number of nitrogens with zero attached hydrogens (tertiary/aromatic N) is 1. The summed E-state index contributed by atoms with van der Waals surface area (Å²) in [6.45, 7) is 2.17. The van der Waals surface area contributed by atoms with E-state index in [9.17, 15) is 5.11 Å². The molecule has 1 heterocycles. The monoisotopic (exact) mass is 301 g/mol. The van der Waals surface area contributed by atoms with Gasteiger partial charge in [-0.15, -0.1) is 0 Å². The topological polar surface area (TPSA) is 33.1 Å². The molecule has 0 aliphatic carbocycles. The summed E-state index contributed by atoms with van der Waals surface area (Å²) in [5.74, 6) is 0.275. The molecule has 0 amide bonds. The normalized spacial score (nSPS) is 11.9. The van der Waals surface area contributed by atoms with Gasteiger partial charge in [-0.25, -0.2) is 0 Å². The molecular formula is C21H19NO. The first kappa shape index (κ1) is 15.0. The second-order valence-corrected chi connectivity index (χ2v) is 5.36. The molecule has 3 aromatic rings. The van der Waals surface area contributed by atoms with Crippen LogP contribution >= 0.6 is 0 Å². The number of benzene rings is 2. The van der Waals surface area contributed by atoms with E-state index in [-0.39, 0.29) is 5.75 Å². The molecule has 2 aromatic carbocycles. The number of allylic oxidation sites excluding steroid dienone is 1. The fourth-order valence-electron chi connectivity index (χ4n) is 2.82. The Kier molecular flexibility index (Phi) is 4.53. The van der Waals surface area contributed by atoms with E-state index in [1.54, 1.807) is 18.3 Å². The van der Waals surface area contributed by atoms with Gasteiger partial charge in [-0.3, -0.25) is 4.98 Å². The standard InChI is InChI=1S/C21H19NO/c1-2-20(16-7-4-3-5-8-16)21(18-9-6-14-22-15-18)17-10-12-19(23)13-11-17/h3-15,23H,2H2,1H3/b21-20+. The van der Waals surface area contributed by atoms with Crippen LogP contribution < -0.4 is 0 Å². The van der Waals surface area contributed by atoms with E-state index in [4.69, 9.17) is 0 Å². The highest BCUT2D eigenvalue weighted by atomic mass is 16.3. The summed E-state index contributed by atoms with van der Waals surface area (Å²) in [7, 11) is 0. The molecule has 2 nitrogen and oxygen atoms in total. The Morgan fingerprint density at radius 3 is 2.13 bits per heavy atom. The lowest BCUT2D eigenvalue weighted by atomic mass is 9.89. The van der Waals surface area contributed by atoms with Crippen LogP contribution in [-0.2, 0) is 0 Å². The number of rotatable bonds is 4. The van der Waals surface area contributed by atoms with Gasteiger partial charge >= 0.3 is 0 Å². The first-order chi connectivity index (χ1) is 11.3. The van der Waals surface area contributed by atoms with Crippen molar-refractivity contribution in [2.24, 2.45) is 0 Å². The van der Waals surface area contributed by atoms with Crippen LogP contribution in [0, 0.1) is 0 Å². The van der Waals surface area contributed by atoms with Crippen molar-refractivity contribution in [1.82, 2.24) is 4.98 Å². The molecule has 0 unspecified atom stereocenters. The molecule has 1 N–H and O–H groups in total. The maximum atomic E-state index is 9.59. The largest absolute Gasteiger partial charge is 0.508 e. The molecule has 0 atom stereocenters. The number of hydrogen-bond donors (Lipinski definition) is 1. The number of pyridine rings is 1. The van der Waals surface area contributed by atoms with Crippen molar-refractivity contribution in [2.45, 2.75) is 13.3 Å². The molecule has 1 aromatic heterocycles. The summed E-state index contributed by atoms with van der Waals surface area (Å²) in [6.07, 6.45) is 4.59. The van der Waals surface area contributed by atoms with E-state index < -0.39 is 0 Å². The van der Waals surface area contributed by atoms with Crippen molar-refractivity contribution in [3.8, 4) is 5.75 Å². The molecule has 23 heavy (non-hydrogen) atoms. The Labute approximate surface area is 136 Å². The van der Waals surface area contributed by atoms with Crippen LogP contribution in [0.1, 0.15) is 30.0 Å². The molecule has 0 saturated carbocycles. The van der Waals surface area contributed by atoms with Crippen molar-refractivity contribution in [3.63, 3.8) is 0 Å². The van der Waals surface area contributed by atoms with Gasteiger partial charge in [0.15, 0.2) is 0 Å². The molecule has 2 heteroatoms. The van der Waals surface area contributed by atoms with Crippen molar-refractivity contribution >= 4 is 11.1 Å². The lowest BCUT2D eigenvalue weighted by molar-refractivity contribution is 0.475. The zero-order valence-electron chi connectivity index (χ0n) is 13.1. The SMILES string of the molecule is CC/C(=C(/c1ccc(O)cc1)c1cccnc1)c1ccccc1. The maximum absolute atomic E-state index is 9.59. The Morgan fingerprint density at radius 2 is 1.52 bits per heavy atom. The first-order valence-corrected chi connectivity index (χ1v) is 7.78. The highest BCUT2D eigenvalue weighted by Gasteiger charge is 2.12. The number of hydrogen-bond acceptors (Lipinski definition) is 2. The van der Waals surface area contributed by atoms with Crippen molar-refractivity contribution in [1.29, 1.82) is 0 Å². The molecule has 114 valence electrons. The molecule has 0 fully saturated rings. The van der Waals surface area contributed by atoms with Gasteiger partial charge in [0, 0.05) is 18.0 Å². The predicted molar refractivity (Wildman–Crippen MR) is 95.0 cm³/mol. The van der Waals surface area contributed by atoms with Gasteiger partial charge in [-0.1, -0.05) is 55.5 Å². The van der Waals surface area contributed by atoms with Gasteiger partial charge < -0.3 is 5.11 Å². The lowest BCUT2D eigenvalue weighted by Crippen LogP contribution is -1.95. The minimum atomic E-state index is 0.275. The Morgan fingerprint density at radius 1 is 0.826 bits per heavy atom. The first-order valence-electron chi connectivity index (χ1n) is 7.78. The summed E-state index contributed by atoms with van der Waals surface area (Å²) < 4.78 is 0. The molecule has 0 aliphatic rings. The van der Waals surface area contributed by atoms with E-state index in [0.717, 1.165) is 23.1 Å². The van der Waals surface area contributed by atoms with Crippen LogP contribution in [0.4, 0.5) is 0 Å². The van der Waals surface area contributed by atoms with Crippen molar-refractivity contribution in [2.75, 3.05) is 0 Å². The second-order valence-electron chi connectivity index (χ2n) is 5.36. The summed E-state index contributed by atoms with van der Waals surface area (Å²) >= 11 is 0. The Bertz CT molecular complexity index is 790. The molecule has 0 saturated heterocycles. The fourth-order valence-corrected chi connectivity index (χ4v) is 2.82. The average molecular weight is 301 g/mol. The van der Waals surface area contributed by atoms with Gasteiger partial charge in [0.05, 0.1) is 0 Å². The van der Waals surface area contributed by atoms with Crippen LogP contribution in [0.15, 0.2) is 79.1 Å². The molecule has 0 bridgehead atoms. The molecular weight excluding hydrogens is 282 g/mol. The number of phenolic OH excluding ortho intramolecular Hbond substituents is 1. The molecule has 0 aliphatic heterocycles. The summed E-state index contributed by atoms with van der Waals surface area (Å²) in [4.78, 5) is 4.28. The number of aromatic nitrogens is 1. The number of phenols is 1. The van der Waals surface area contributed by atoms with Crippen LogP contribution in [0.2, 0.25) is 0 Å². The third-order valence-corrected chi connectivity index (χ3v) is 3.88. The average Bonchev–Trinajstić information content (AvgIpc) is 2.62. The van der Waals surface area contributed by atoms with E-state index in [2.05, 4.69) is 42.2 Å². The van der Waals surface area contributed by atoms with E-state index in [1.165, 1.54) is 11.1 Å². The Hall–Kier alpha value is -2.87. The molecule has 3 rings (SSSR count). The highest BCUT2D eigenvalue weighted by molar-refractivity contribution is 5.98. The van der Waals surface area contributed by atoms with Crippen LogP contribution in [0.25, 0.3) is 11.1 Å². The number of aromatic hydroxyl groups is 1. The quantitative estimate of drug-likeness (QED) is 0.675. The second kappa shape index (κ2) is 6.93. The Balaban J connectivity index is 2.26. The smallest absolute Gasteiger partial charge is 0.115 e. The minimum Gasteiger partial charge on any atom is -0.508 e. The van der Waals surface area contributed by atoms with Gasteiger partial charge in [-0.05, 0) is 46.9 Å². The minimum absolute atomic E-state index is 0.275. The fraction of sp³-hybridized carbons (Fsp3) is 0.0952.